The van der Waals surface area contributed by atoms with Crippen LogP contribution in [0.5, 0.6) is 0 Å². The van der Waals surface area contributed by atoms with Gasteiger partial charge in [-0.2, -0.15) is 0 Å². The first kappa shape index (κ1) is 12.8. The predicted molar refractivity (Wildman–Crippen MR) is 73.4 cm³/mol. The van der Waals surface area contributed by atoms with E-state index in [1.54, 1.807) is 0 Å². The van der Waals surface area contributed by atoms with Gasteiger partial charge in [0.2, 0.25) is 0 Å². The van der Waals surface area contributed by atoms with Crippen molar-refractivity contribution in [3.05, 3.63) is 34.3 Å². The van der Waals surface area contributed by atoms with Crippen molar-refractivity contribution in [1.29, 1.82) is 0 Å². The first-order valence-corrected chi connectivity index (χ1v) is 7.06. The second-order valence-electron chi connectivity index (χ2n) is 4.58. The molecule has 1 aromatic carbocycles. The zero-order valence-electron chi connectivity index (χ0n) is 9.99. The van der Waals surface area contributed by atoms with E-state index in [0.29, 0.717) is 6.42 Å². The standard InChI is InChI=1S/C14H18BrNO/c15-13-6-4-12(5-7-13)14(17)8-11-16-9-2-1-3-10-16/h4-7H,1-3,8-11H2. The molecule has 0 radical (unpaired) electrons. The number of halogens is 1. The highest BCUT2D eigenvalue weighted by Crippen LogP contribution is 2.13. The fourth-order valence-corrected chi connectivity index (χ4v) is 2.49. The molecule has 0 N–H and O–H groups in total. The number of hydrogen-bond acceptors (Lipinski definition) is 2. The van der Waals surface area contributed by atoms with Gasteiger partial charge in [0.25, 0.3) is 0 Å². The molecule has 1 aliphatic heterocycles. The third-order valence-electron chi connectivity index (χ3n) is 3.27. The van der Waals surface area contributed by atoms with Crippen LogP contribution in [0.15, 0.2) is 28.7 Å². The summed E-state index contributed by atoms with van der Waals surface area (Å²) in [6, 6.07) is 7.63. The van der Waals surface area contributed by atoms with Crippen LogP contribution in [0.1, 0.15) is 36.0 Å². The Balaban J connectivity index is 1.82. The van der Waals surface area contributed by atoms with Crippen LogP contribution in [0.4, 0.5) is 0 Å². The van der Waals surface area contributed by atoms with E-state index >= 15 is 0 Å². The zero-order valence-corrected chi connectivity index (χ0v) is 11.6. The molecule has 0 bridgehead atoms. The van der Waals surface area contributed by atoms with Crippen LogP contribution in [0.3, 0.4) is 0 Å². The number of likely N-dealkylation sites (tertiary alicyclic amines) is 1. The van der Waals surface area contributed by atoms with E-state index in [1.165, 1.54) is 19.3 Å². The Labute approximate surface area is 111 Å². The topological polar surface area (TPSA) is 20.3 Å². The van der Waals surface area contributed by atoms with E-state index in [2.05, 4.69) is 20.8 Å². The minimum atomic E-state index is 0.253. The van der Waals surface area contributed by atoms with Gasteiger partial charge in [0.15, 0.2) is 5.78 Å². The van der Waals surface area contributed by atoms with Gasteiger partial charge in [0, 0.05) is 23.0 Å². The molecule has 17 heavy (non-hydrogen) atoms. The smallest absolute Gasteiger partial charge is 0.164 e. The number of rotatable bonds is 4. The molecule has 92 valence electrons. The summed E-state index contributed by atoms with van der Waals surface area (Å²) in [6.07, 6.45) is 4.55. The van der Waals surface area contributed by atoms with Gasteiger partial charge in [0.1, 0.15) is 0 Å². The van der Waals surface area contributed by atoms with Gasteiger partial charge >= 0.3 is 0 Å². The van der Waals surface area contributed by atoms with Crippen molar-refractivity contribution < 1.29 is 4.79 Å². The van der Waals surface area contributed by atoms with Gasteiger partial charge in [-0.3, -0.25) is 4.79 Å². The molecule has 1 aliphatic rings. The summed E-state index contributed by atoms with van der Waals surface area (Å²) in [7, 11) is 0. The molecule has 0 aliphatic carbocycles. The van der Waals surface area contributed by atoms with Crippen molar-refractivity contribution in [1.82, 2.24) is 4.90 Å². The van der Waals surface area contributed by atoms with Crippen molar-refractivity contribution >= 4 is 21.7 Å². The molecule has 2 nitrogen and oxygen atoms in total. The number of ketones is 1. The summed E-state index contributed by atoms with van der Waals surface area (Å²) in [5.41, 5.74) is 0.824. The molecule has 2 rings (SSSR count). The minimum Gasteiger partial charge on any atom is -0.303 e. The summed E-state index contributed by atoms with van der Waals surface area (Å²) in [4.78, 5) is 14.4. The second-order valence-corrected chi connectivity index (χ2v) is 5.50. The molecule has 0 aromatic heterocycles. The maximum absolute atomic E-state index is 12.0. The predicted octanol–water partition coefficient (Wildman–Crippen LogP) is 3.51. The fraction of sp³-hybridized carbons (Fsp3) is 0.500. The summed E-state index contributed by atoms with van der Waals surface area (Å²) in [6.45, 7) is 3.23. The van der Waals surface area contributed by atoms with Crippen molar-refractivity contribution in [2.24, 2.45) is 0 Å². The molecule has 0 atom stereocenters. The van der Waals surface area contributed by atoms with Gasteiger partial charge in [-0.1, -0.05) is 34.5 Å². The van der Waals surface area contributed by atoms with Crippen molar-refractivity contribution in [3.63, 3.8) is 0 Å². The number of benzene rings is 1. The Morgan fingerprint density at radius 3 is 2.41 bits per heavy atom. The van der Waals surface area contributed by atoms with E-state index in [0.717, 1.165) is 29.7 Å². The van der Waals surface area contributed by atoms with Gasteiger partial charge in [0.05, 0.1) is 0 Å². The molecule has 0 amide bonds. The molecule has 1 fully saturated rings. The summed E-state index contributed by atoms with van der Waals surface area (Å²) in [5, 5.41) is 0. The average Bonchev–Trinajstić information content (AvgIpc) is 2.38. The highest BCUT2D eigenvalue weighted by Gasteiger charge is 2.12. The Morgan fingerprint density at radius 2 is 1.76 bits per heavy atom. The lowest BCUT2D eigenvalue weighted by molar-refractivity contribution is 0.0958. The lowest BCUT2D eigenvalue weighted by Gasteiger charge is -2.25. The van der Waals surface area contributed by atoms with Crippen LogP contribution in [0, 0.1) is 0 Å². The zero-order chi connectivity index (χ0) is 12.1. The number of Topliss-reactive ketones (excluding diaryl/α,β-unsaturated/α-hetero) is 1. The Morgan fingerprint density at radius 1 is 1.12 bits per heavy atom. The second kappa shape index (κ2) is 6.31. The molecular weight excluding hydrogens is 278 g/mol. The molecular formula is C14H18BrNO. The van der Waals surface area contributed by atoms with Gasteiger partial charge < -0.3 is 4.90 Å². The van der Waals surface area contributed by atoms with E-state index < -0.39 is 0 Å². The van der Waals surface area contributed by atoms with Crippen LogP contribution >= 0.6 is 15.9 Å². The van der Waals surface area contributed by atoms with Crippen LogP contribution < -0.4 is 0 Å². The third kappa shape index (κ3) is 3.93. The quantitative estimate of drug-likeness (QED) is 0.793. The highest BCUT2D eigenvalue weighted by atomic mass is 79.9. The van der Waals surface area contributed by atoms with Crippen molar-refractivity contribution in [3.8, 4) is 0 Å². The van der Waals surface area contributed by atoms with Crippen LogP contribution in [-0.4, -0.2) is 30.3 Å². The van der Waals surface area contributed by atoms with Gasteiger partial charge in [-0.05, 0) is 38.1 Å². The van der Waals surface area contributed by atoms with Gasteiger partial charge in [-0.15, -0.1) is 0 Å². The van der Waals surface area contributed by atoms with E-state index in [9.17, 15) is 4.79 Å². The SMILES string of the molecule is O=C(CCN1CCCCC1)c1ccc(Br)cc1. The highest BCUT2D eigenvalue weighted by molar-refractivity contribution is 9.10. The van der Waals surface area contributed by atoms with Crippen LogP contribution in [0.2, 0.25) is 0 Å². The number of hydrogen-bond donors (Lipinski definition) is 0. The minimum absolute atomic E-state index is 0.253. The van der Waals surface area contributed by atoms with Gasteiger partial charge in [-0.25, -0.2) is 0 Å². The summed E-state index contributed by atoms with van der Waals surface area (Å²) < 4.78 is 1.02. The lowest BCUT2D eigenvalue weighted by atomic mass is 10.1. The largest absolute Gasteiger partial charge is 0.303 e. The van der Waals surface area contributed by atoms with Crippen LogP contribution in [-0.2, 0) is 0 Å². The summed E-state index contributed by atoms with van der Waals surface area (Å²) >= 11 is 3.38. The third-order valence-corrected chi connectivity index (χ3v) is 3.80. The average molecular weight is 296 g/mol. The van der Waals surface area contributed by atoms with E-state index in [4.69, 9.17) is 0 Å². The monoisotopic (exact) mass is 295 g/mol. The normalized spacial score (nSPS) is 17.0. The number of piperidine rings is 1. The Kier molecular flexibility index (Phi) is 4.75. The molecule has 1 aromatic rings. The maximum Gasteiger partial charge on any atom is 0.164 e. The number of nitrogens with zero attached hydrogens (tertiary/aromatic N) is 1. The Bertz CT molecular complexity index is 368. The number of carbonyl (C=O) groups is 1. The molecule has 1 heterocycles. The number of carbonyl (C=O) groups excluding carboxylic acids is 1. The molecule has 1 saturated heterocycles. The summed E-state index contributed by atoms with van der Waals surface area (Å²) in [5.74, 6) is 0.253. The fourth-order valence-electron chi connectivity index (χ4n) is 2.22. The lowest BCUT2D eigenvalue weighted by Crippen LogP contribution is -2.31. The first-order chi connectivity index (χ1) is 8.25. The first-order valence-electron chi connectivity index (χ1n) is 6.27. The molecule has 0 saturated carbocycles. The molecule has 0 spiro atoms. The maximum atomic E-state index is 12.0. The molecule has 3 heteroatoms. The van der Waals surface area contributed by atoms with Crippen LogP contribution in [0.25, 0.3) is 0 Å². The Hall–Kier alpha value is -0.670. The van der Waals surface area contributed by atoms with E-state index in [1.807, 2.05) is 24.3 Å². The van der Waals surface area contributed by atoms with Crippen molar-refractivity contribution in [2.75, 3.05) is 19.6 Å². The van der Waals surface area contributed by atoms with Crippen molar-refractivity contribution in [2.45, 2.75) is 25.7 Å². The molecule has 0 unspecified atom stereocenters. The van der Waals surface area contributed by atoms with E-state index in [-0.39, 0.29) is 5.78 Å².